The Balaban J connectivity index is 1.35. The van der Waals surface area contributed by atoms with Gasteiger partial charge < -0.3 is 14.6 Å². The molecular formula is C31H31NO5S. The van der Waals surface area contributed by atoms with Gasteiger partial charge in [-0.3, -0.25) is 4.90 Å². The first-order valence-corrected chi connectivity index (χ1v) is 15.0. The van der Waals surface area contributed by atoms with E-state index in [0.29, 0.717) is 12.4 Å². The van der Waals surface area contributed by atoms with E-state index in [1.807, 2.05) is 42.5 Å². The minimum Gasteiger partial charge on any atom is -0.508 e. The first-order chi connectivity index (χ1) is 18.4. The fourth-order valence-electron chi connectivity index (χ4n) is 5.55. The maximum absolute atomic E-state index is 12.3. The van der Waals surface area contributed by atoms with Crippen molar-refractivity contribution in [3.8, 4) is 28.4 Å². The average molecular weight is 530 g/mol. The summed E-state index contributed by atoms with van der Waals surface area (Å²) in [6.45, 7) is 3.90. The molecule has 0 amide bonds. The Morgan fingerprint density at radius 1 is 0.921 bits per heavy atom. The van der Waals surface area contributed by atoms with Crippen molar-refractivity contribution in [2.45, 2.75) is 30.3 Å². The van der Waals surface area contributed by atoms with Gasteiger partial charge in [-0.05, 0) is 90.3 Å². The lowest BCUT2D eigenvalue weighted by atomic mass is 9.86. The van der Waals surface area contributed by atoms with Gasteiger partial charge in [-0.25, -0.2) is 8.42 Å². The molecule has 4 aromatic carbocycles. The molecule has 1 unspecified atom stereocenters. The number of aromatic hydroxyl groups is 1. The Hall–Kier alpha value is -3.55. The highest BCUT2D eigenvalue weighted by Gasteiger charge is 2.30. The molecule has 0 aromatic heterocycles. The van der Waals surface area contributed by atoms with Gasteiger partial charge in [0.05, 0.1) is 4.90 Å². The summed E-state index contributed by atoms with van der Waals surface area (Å²) in [5.74, 6) is 1.65. The third kappa shape index (κ3) is 4.84. The summed E-state index contributed by atoms with van der Waals surface area (Å²) in [7, 11) is -3.38. The molecule has 2 heterocycles. The Kier molecular flexibility index (Phi) is 6.50. The highest BCUT2D eigenvalue weighted by atomic mass is 32.2. The standard InChI is InChI=1S/C31H31NO5S/c1-38(34,35)25-11-14-29-28(20-25)27-12-7-22-19-23(33)8-13-26(22)30(27)31(37-29)21-5-9-24(10-6-21)36-18-17-32-15-3-2-4-16-32/h5-14,19-20,31,33H,2-4,15-18H2,1H3. The predicted molar refractivity (Wildman–Crippen MR) is 149 cm³/mol. The normalized spacial score (nSPS) is 17.4. The number of rotatable bonds is 6. The lowest BCUT2D eigenvalue weighted by molar-refractivity contribution is 0.183. The molecule has 1 atom stereocenters. The fourth-order valence-corrected chi connectivity index (χ4v) is 6.19. The van der Waals surface area contributed by atoms with E-state index in [2.05, 4.69) is 4.90 Å². The number of piperidine rings is 1. The summed E-state index contributed by atoms with van der Waals surface area (Å²) in [6.07, 6.45) is 4.67. The molecule has 4 aromatic rings. The summed E-state index contributed by atoms with van der Waals surface area (Å²) in [4.78, 5) is 2.71. The molecule has 2 aliphatic heterocycles. The molecule has 0 bridgehead atoms. The molecule has 0 aliphatic carbocycles. The Labute approximate surface area is 223 Å². The summed E-state index contributed by atoms with van der Waals surface area (Å²) in [6, 6.07) is 22.3. The second-order valence-corrected chi connectivity index (χ2v) is 12.2. The van der Waals surface area contributed by atoms with Crippen LogP contribution in [0.5, 0.6) is 17.2 Å². The van der Waals surface area contributed by atoms with Crippen molar-refractivity contribution in [1.82, 2.24) is 4.90 Å². The largest absolute Gasteiger partial charge is 0.508 e. The monoisotopic (exact) mass is 529 g/mol. The summed E-state index contributed by atoms with van der Waals surface area (Å²) in [5.41, 5.74) is 3.57. The SMILES string of the molecule is CS(=O)(=O)c1ccc2c(c1)-c1ccc3cc(O)ccc3c1C(c1ccc(OCCN3CCCCC3)cc1)O2. The average Bonchev–Trinajstić information content (AvgIpc) is 2.92. The van der Waals surface area contributed by atoms with Crippen LogP contribution in [0.1, 0.15) is 36.5 Å². The van der Waals surface area contributed by atoms with Crippen LogP contribution in [0.25, 0.3) is 21.9 Å². The van der Waals surface area contributed by atoms with Crippen LogP contribution in [0.15, 0.2) is 77.7 Å². The molecule has 0 spiro atoms. The molecule has 0 radical (unpaired) electrons. The van der Waals surface area contributed by atoms with Crippen LogP contribution < -0.4 is 9.47 Å². The van der Waals surface area contributed by atoms with Gasteiger partial charge in [0, 0.05) is 23.9 Å². The first-order valence-electron chi connectivity index (χ1n) is 13.1. The predicted octanol–water partition coefficient (Wildman–Crippen LogP) is 5.96. The zero-order chi connectivity index (χ0) is 26.3. The van der Waals surface area contributed by atoms with E-state index >= 15 is 0 Å². The third-order valence-electron chi connectivity index (χ3n) is 7.53. The number of sulfone groups is 1. The molecule has 0 saturated carbocycles. The van der Waals surface area contributed by atoms with Gasteiger partial charge >= 0.3 is 0 Å². The van der Waals surface area contributed by atoms with E-state index < -0.39 is 15.9 Å². The van der Waals surface area contributed by atoms with E-state index in [4.69, 9.17) is 9.47 Å². The van der Waals surface area contributed by atoms with Gasteiger partial charge in [-0.15, -0.1) is 0 Å². The van der Waals surface area contributed by atoms with E-state index in [1.165, 1.54) is 25.5 Å². The van der Waals surface area contributed by atoms with Gasteiger partial charge in [0.15, 0.2) is 15.9 Å². The number of nitrogens with zero attached hydrogens (tertiary/aromatic N) is 1. The Morgan fingerprint density at radius 3 is 2.47 bits per heavy atom. The van der Waals surface area contributed by atoms with Crippen LogP contribution in [0.2, 0.25) is 0 Å². The Morgan fingerprint density at radius 2 is 1.71 bits per heavy atom. The van der Waals surface area contributed by atoms with Gasteiger partial charge in [0.25, 0.3) is 0 Å². The lowest BCUT2D eigenvalue weighted by Crippen LogP contribution is -2.33. The maximum Gasteiger partial charge on any atom is 0.175 e. The lowest BCUT2D eigenvalue weighted by Gasteiger charge is -2.31. The highest BCUT2D eigenvalue weighted by Crippen LogP contribution is 2.48. The summed E-state index contributed by atoms with van der Waals surface area (Å²) < 4.78 is 37.1. The molecule has 1 saturated heterocycles. The second-order valence-electron chi connectivity index (χ2n) is 10.2. The van der Waals surface area contributed by atoms with Gasteiger partial charge in [-0.1, -0.05) is 36.8 Å². The number of likely N-dealkylation sites (tertiary alicyclic amines) is 1. The zero-order valence-electron chi connectivity index (χ0n) is 21.4. The minimum atomic E-state index is -3.38. The van der Waals surface area contributed by atoms with Crippen LogP contribution in [0, 0.1) is 0 Å². The molecule has 1 fully saturated rings. The number of hydrogen-bond acceptors (Lipinski definition) is 6. The molecule has 196 valence electrons. The second kappa shape index (κ2) is 9.97. The molecule has 6 rings (SSSR count). The first kappa shape index (κ1) is 24.8. The van der Waals surface area contributed by atoms with Crippen LogP contribution in [0.3, 0.4) is 0 Å². The van der Waals surface area contributed by atoms with Crippen LogP contribution in [-0.2, 0) is 9.84 Å². The number of phenols is 1. The van der Waals surface area contributed by atoms with Crippen molar-refractivity contribution >= 4 is 20.6 Å². The molecule has 6 nitrogen and oxygen atoms in total. The third-order valence-corrected chi connectivity index (χ3v) is 8.64. The maximum atomic E-state index is 12.3. The highest BCUT2D eigenvalue weighted by molar-refractivity contribution is 7.90. The topological polar surface area (TPSA) is 76.1 Å². The molecular weight excluding hydrogens is 498 g/mol. The van der Waals surface area contributed by atoms with Crippen molar-refractivity contribution in [3.63, 3.8) is 0 Å². The number of benzene rings is 4. The van der Waals surface area contributed by atoms with Crippen molar-refractivity contribution in [2.75, 3.05) is 32.5 Å². The van der Waals surface area contributed by atoms with Gasteiger partial charge in [0.1, 0.15) is 23.9 Å². The van der Waals surface area contributed by atoms with E-state index in [-0.39, 0.29) is 10.6 Å². The quantitative estimate of drug-likeness (QED) is 0.332. The van der Waals surface area contributed by atoms with Gasteiger partial charge in [-0.2, -0.15) is 0 Å². The van der Waals surface area contributed by atoms with E-state index in [0.717, 1.165) is 58.4 Å². The van der Waals surface area contributed by atoms with Crippen LogP contribution >= 0.6 is 0 Å². The van der Waals surface area contributed by atoms with Gasteiger partial charge in [0.2, 0.25) is 0 Å². The molecule has 7 heteroatoms. The van der Waals surface area contributed by atoms with E-state index in [9.17, 15) is 13.5 Å². The van der Waals surface area contributed by atoms with Crippen molar-refractivity contribution in [3.05, 3.63) is 83.9 Å². The number of phenolic OH excluding ortho intramolecular Hbond substituents is 1. The molecule has 2 aliphatic rings. The van der Waals surface area contributed by atoms with E-state index in [1.54, 1.807) is 30.3 Å². The molecule has 38 heavy (non-hydrogen) atoms. The summed E-state index contributed by atoms with van der Waals surface area (Å²) >= 11 is 0. The van der Waals surface area contributed by atoms with Crippen LogP contribution in [-0.4, -0.2) is 50.9 Å². The minimum absolute atomic E-state index is 0.191. The number of fused-ring (bicyclic) bond motifs is 5. The smallest absolute Gasteiger partial charge is 0.175 e. The van der Waals surface area contributed by atoms with Crippen LogP contribution in [0.4, 0.5) is 0 Å². The fraction of sp³-hybridized carbons (Fsp3) is 0.290. The number of hydrogen-bond donors (Lipinski definition) is 1. The number of ether oxygens (including phenoxy) is 2. The van der Waals surface area contributed by atoms with Crippen molar-refractivity contribution in [2.24, 2.45) is 0 Å². The summed E-state index contributed by atoms with van der Waals surface area (Å²) in [5, 5.41) is 11.9. The Bertz CT molecular complexity index is 1590. The van der Waals surface area contributed by atoms with Crippen molar-refractivity contribution in [1.29, 1.82) is 0 Å². The molecule has 1 N–H and O–H groups in total. The zero-order valence-corrected chi connectivity index (χ0v) is 22.2. The van der Waals surface area contributed by atoms with Crippen molar-refractivity contribution < 1.29 is 23.0 Å².